The standard InChI is InChI=1S/C13H22N4O2/c1-9-11(15-8-16-12(9)19-5)14-7-6-10(18)17-13(2,3)4/h8H,6-7H2,1-5H3,(H,17,18)(H,14,15,16). The topological polar surface area (TPSA) is 76.1 Å². The Kier molecular flexibility index (Phi) is 5.09. The van der Waals surface area contributed by atoms with Gasteiger partial charge < -0.3 is 15.4 Å². The lowest BCUT2D eigenvalue weighted by Gasteiger charge is -2.20. The van der Waals surface area contributed by atoms with Gasteiger partial charge in [-0.1, -0.05) is 0 Å². The third kappa shape index (κ3) is 5.11. The highest BCUT2D eigenvalue weighted by atomic mass is 16.5. The van der Waals surface area contributed by atoms with Crippen LogP contribution in [0.25, 0.3) is 0 Å². The predicted octanol–water partition coefficient (Wildman–Crippen LogP) is 1.51. The molecule has 0 atom stereocenters. The Bertz CT molecular complexity index is 441. The van der Waals surface area contributed by atoms with E-state index in [-0.39, 0.29) is 11.4 Å². The molecule has 0 saturated heterocycles. The summed E-state index contributed by atoms with van der Waals surface area (Å²) < 4.78 is 5.11. The van der Waals surface area contributed by atoms with E-state index in [9.17, 15) is 4.79 Å². The van der Waals surface area contributed by atoms with Crippen LogP contribution < -0.4 is 15.4 Å². The average molecular weight is 266 g/mol. The van der Waals surface area contributed by atoms with Crippen LogP contribution in [0, 0.1) is 6.92 Å². The van der Waals surface area contributed by atoms with Crippen LogP contribution in [-0.4, -0.2) is 35.1 Å². The van der Waals surface area contributed by atoms with Gasteiger partial charge in [0.05, 0.1) is 12.7 Å². The van der Waals surface area contributed by atoms with Crippen molar-refractivity contribution in [3.63, 3.8) is 0 Å². The number of carbonyl (C=O) groups excluding carboxylic acids is 1. The van der Waals surface area contributed by atoms with Gasteiger partial charge in [0.2, 0.25) is 11.8 Å². The van der Waals surface area contributed by atoms with Gasteiger partial charge >= 0.3 is 0 Å². The lowest BCUT2D eigenvalue weighted by molar-refractivity contribution is -0.122. The van der Waals surface area contributed by atoms with Crippen molar-refractivity contribution in [1.82, 2.24) is 15.3 Å². The van der Waals surface area contributed by atoms with E-state index < -0.39 is 0 Å². The Hall–Kier alpha value is -1.85. The molecule has 0 aliphatic heterocycles. The number of ether oxygens (including phenoxy) is 1. The van der Waals surface area contributed by atoms with Gasteiger partial charge in [-0.05, 0) is 27.7 Å². The normalized spacial score (nSPS) is 11.0. The number of methoxy groups -OCH3 is 1. The number of aromatic nitrogens is 2. The predicted molar refractivity (Wildman–Crippen MR) is 74.3 cm³/mol. The van der Waals surface area contributed by atoms with Crippen molar-refractivity contribution in [3.05, 3.63) is 11.9 Å². The number of nitrogens with one attached hydrogen (secondary N) is 2. The second-order valence-electron chi connectivity index (χ2n) is 5.33. The molecule has 0 saturated carbocycles. The van der Waals surface area contributed by atoms with Crippen molar-refractivity contribution in [2.24, 2.45) is 0 Å². The van der Waals surface area contributed by atoms with Crippen LogP contribution in [0.5, 0.6) is 5.88 Å². The fraction of sp³-hybridized carbons (Fsp3) is 0.615. The van der Waals surface area contributed by atoms with Gasteiger partial charge in [-0.25, -0.2) is 9.97 Å². The number of hydrogen-bond donors (Lipinski definition) is 2. The first-order chi connectivity index (χ1) is 8.83. The van der Waals surface area contributed by atoms with Gasteiger partial charge in [0.1, 0.15) is 12.1 Å². The first kappa shape index (κ1) is 15.2. The van der Waals surface area contributed by atoms with Gasteiger partial charge in [0.15, 0.2) is 0 Å². The number of rotatable bonds is 5. The fourth-order valence-corrected chi connectivity index (χ4v) is 1.59. The van der Waals surface area contributed by atoms with E-state index in [1.165, 1.54) is 6.33 Å². The second kappa shape index (κ2) is 6.36. The van der Waals surface area contributed by atoms with Crippen LogP contribution in [-0.2, 0) is 4.79 Å². The lowest BCUT2D eigenvalue weighted by atomic mass is 10.1. The van der Waals surface area contributed by atoms with E-state index >= 15 is 0 Å². The summed E-state index contributed by atoms with van der Waals surface area (Å²) >= 11 is 0. The zero-order valence-corrected chi connectivity index (χ0v) is 12.2. The number of amides is 1. The summed E-state index contributed by atoms with van der Waals surface area (Å²) in [5.41, 5.74) is 0.631. The summed E-state index contributed by atoms with van der Waals surface area (Å²) in [7, 11) is 1.57. The highest BCUT2D eigenvalue weighted by Crippen LogP contribution is 2.19. The zero-order valence-electron chi connectivity index (χ0n) is 12.2. The van der Waals surface area contributed by atoms with E-state index in [0.29, 0.717) is 24.7 Å². The first-order valence-corrected chi connectivity index (χ1v) is 6.24. The first-order valence-electron chi connectivity index (χ1n) is 6.24. The molecule has 1 heterocycles. The minimum Gasteiger partial charge on any atom is -0.481 e. The molecule has 0 aliphatic carbocycles. The van der Waals surface area contributed by atoms with Crippen molar-refractivity contribution < 1.29 is 9.53 Å². The Morgan fingerprint density at radius 2 is 2.05 bits per heavy atom. The third-order valence-corrected chi connectivity index (χ3v) is 2.39. The van der Waals surface area contributed by atoms with Crippen LogP contribution in [0.1, 0.15) is 32.8 Å². The third-order valence-electron chi connectivity index (χ3n) is 2.39. The number of nitrogens with zero attached hydrogens (tertiary/aromatic N) is 2. The summed E-state index contributed by atoms with van der Waals surface area (Å²) in [6.45, 7) is 8.26. The summed E-state index contributed by atoms with van der Waals surface area (Å²) in [5, 5.41) is 6.02. The van der Waals surface area contributed by atoms with E-state index in [4.69, 9.17) is 4.74 Å². The van der Waals surface area contributed by atoms with Crippen LogP contribution in [0.3, 0.4) is 0 Å². The molecule has 0 aromatic carbocycles. The Balaban J connectivity index is 2.48. The van der Waals surface area contributed by atoms with Crippen LogP contribution in [0.2, 0.25) is 0 Å². The lowest BCUT2D eigenvalue weighted by Crippen LogP contribution is -2.41. The molecule has 1 aromatic heterocycles. The monoisotopic (exact) mass is 266 g/mol. The minimum absolute atomic E-state index is 0.0127. The molecule has 0 unspecified atom stereocenters. The molecule has 0 bridgehead atoms. The highest BCUT2D eigenvalue weighted by molar-refractivity contribution is 5.77. The number of carbonyl (C=O) groups is 1. The van der Waals surface area contributed by atoms with Crippen molar-refractivity contribution in [3.8, 4) is 5.88 Å². The molecule has 2 N–H and O–H groups in total. The van der Waals surface area contributed by atoms with Crippen molar-refractivity contribution >= 4 is 11.7 Å². The quantitative estimate of drug-likeness (QED) is 0.845. The molecule has 19 heavy (non-hydrogen) atoms. The molecule has 6 nitrogen and oxygen atoms in total. The summed E-state index contributed by atoms with van der Waals surface area (Å²) in [4.78, 5) is 19.8. The van der Waals surface area contributed by atoms with Gasteiger partial charge in [-0.2, -0.15) is 0 Å². The molecule has 6 heteroatoms. The minimum atomic E-state index is -0.203. The van der Waals surface area contributed by atoms with Crippen LogP contribution in [0.4, 0.5) is 5.82 Å². The van der Waals surface area contributed by atoms with Crippen molar-refractivity contribution in [2.75, 3.05) is 19.0 Å². The Morgan fingerprint density at radius 3 is 2.63 bits per heavy atom. The van der Waals surface area contributed by atoms with Gasteiger partial charge in [0.25, 0.3) is 0 Å². The van der Waals surface area contributed by atoms with Crippen molar-refractivity contribution in [2.45, 2.75) is 39.7 Å². The molecule has 0 fully saturated rings. The Morgan fingerprint density at radius 1 is 1.37 bits per heavy atom. The Labute approximate surface area is 114 Å². The van der Waals surface area contributed by atoms with E-state index in [2.05, 4.69) is 20.6 Å². The summed E-state index contributed by atoms with van der Waals surface area (Å²) in [6.07, 6.45) is 1.83. The molecule has 1 rings (SSSR count). The molecule has 0 aliphatic rings. The molecule has 0 radical (unpaired) electrons. The maximum absolute atomic E-state index is 11.6. The number of hydrogen-bond acceptors (Lipinski definition) is 5. The van der Waals surface area contributed by atoms with E-state index in [0.717, 1.165) is 5.56 Å². The van der Waals surface area contributed by atoms with Gasteiger partial charge in [0, 0.05) is 18.5 Å². The zero-order chi connectivity index (χ0) is 14.5. The second-order valence-corrected chi connectivity index (χ2v) is 5.33. The van der Waals surface area contributed by atoms with Gasteiger partial charge in [-0.3, -0.25) is 4.79 Å². The molecule has 1 amide bonds. The molecule has 1 aromatic rings. The molecule has 0 spiro atoms. The number of anilines is 1. The van der Waals surface area contributed by atoms with Crippen molar-refractivity contribution in [1.29, 1.82) is 0 Å². The van der Waals surface area contributed by atoms with E-state index in [1.54, 1.807) is 7.11 Å². The SMILES string of the molecule is COc1ncnc(NCCC(=O)NC(C)(C)C)c1C. The maximum Gasteiger partial charge on any atom is 0.222 e. The maximum atomic E-state index is 11.6. The van der Waals surface area contributed by atoms with Crippen LogP contribution in [0.15, 0.2) is 6.33 Å². The largest absolute Gasteiger partial charge is 0.481 e. The van der Waals surface area contributed by atoms with E-state index in [1.807, 2.05) is 27.7 Å². The average Bonchev–Trinajstić information content (AvgIpc) is 2.29. The van der Waals surface area contributed by atoms with Crippen LogP contribution >= 0.6 is 0 Å². The summed E-state index contributed by atoms with van der Waals surface area (Å²) in [6, 6.07) is 0. The molecule has 106 valence electrons. The summed E-state index contributed by atoms with van der Waals surface area (Å²) in [5.74, 6) is 1.24. The fourth-order valence-electron chi connectivity index (χ4n) is 1.59. The molecular weight excluding hydrogens is 244 g/mol. The highest BCUT2D eigenvalue weighted by Gasteiger charge is 2.13. The smallest absolute Gasteiger partial charge is 0.222 e. The van der Waals surface area contributed by atoms with Gasteiger partial charge in [-0.15, -0.1) is 0 Å². The molecular formula is C13H22N4O2.